The van der Waals surface area contributed by atoms with Gasteiger partial charge in [0.25, 0.3) is 5.91 Å². The van der Waals surface area contributed by atoms with Crippen LogP contribution >= 0.6 is 11.3 Å². The van der Waals surface area contributed by atoms with Gasteiger partial charge in [-0.25, -0.2) is 4.98 Å². The molecule has 0 bridgehead atoms. The van der Waals surface area contributed by atoms with E-state index in [2.05, 4.69) is 44.1 Å². The molecule has 2 aromatic rings. The summed E-state index contributed by atoms with van der Waals surface area (Å²) < 4.78 is 5.36. The summed E-state index contributed by atoms with van der Waals surface area (Å²) in [6, 6.07) is 6.23. The van der Waals surface area contributed by atoms with Gasteiger partial charge in [0.2, 0.25) is 0 Å². The molecule has 0 atom stereocenters. The highest BCUT2D eigenvalue weighted by atomic mass is 32.1. The molecule has 0 unspecified atom stereocenters. The van der Waals surface area contributed by atoms with Crippen LogP contribution in [-0.4, -0.2) is 50.6 Å². The quantitative estimate of drug-likeness (QED) is 0.365. The maximum Gasteiger partial charge on any atom is 0.263 e. The van der Waals surface area contributed by atoms with Crippen molar-refractivity contribution < 1.29 is 9.53 Å². The van der Waals surface area contributed by atoms with Crippen molar-refractivity contribution in [2.24, 2.45) is 4.99 Å². The monoisotopic (exact) mass is 389 g/mol. The number of benzene rings is 1. The molecule has 1 aromatic heterocycles. The fraction of sp³-hybridized carbons (Fsp3) is 0.421. The molecule has 2 rings (SSSR count). The number of carbonyl (C=O) groups excluding carboxylic acids is 1. The molecular formula is C19H27N5O2S. The molecule has 3 N–H and O–H groups in total. The minimum absolute atomic E-state index is 0.0898. The van der Waals surface area contributed by atoms with Crippen molar-refractivity contribution in [3.8, 4) is 5.75 Å². The second kappa shape index (κ2) is 10.5. The third-order valence-corrected chi connectivity index (χ3v) is 4.98. The minimum Gasteiger partial charge on any atom is -0.496 e. The number of guanidine groups is 1. The van der Waals surface area contributed by atoms with Gasteiger partial charge >= 0.3 is 0 Å². The molecule has 1 heterocycles. The molecule has 0 saturated heterocycles. The van der Waals surface area contributed by atoms with E-state index in [1.165, 1.54) is 16.9 Å². The number of ether oxygens (including phenoxy) is 1. The lowest BCUT2D eigenvalue weighted by Crippen LogP contribution is -2.42. The maximum atomic E-state index is 12.0. The number of amides is 1. The molecule has 0 aliphatic carbocycles. The van der Waals surface area contributed by atoms with Crippen molar-refractivity contribution in [3.63, 3.8) is 0 Å². The molecule has 1 amide bonds. The Morgan fingerprint density at radius 3 is 2.59 bits per heavy atom. The van der Waals surface area contributed by atoms with Gasteiger partial charge in [0.15, 0.2) is 5.96 Å². The SMILES string of the molecule is CN=C(NCCNC(=O)c1scnc1C)NCCc1ccc(C)c(OC)c1. The summed E-state index contributed by atoms with van der Waals surface area (Å²) in [5.41, 5.74) is 4.77. The molecule has 27 heavy (non-hydrogen) atoms. The fourth-order valence-electron chi connectivity index (χ4n) is 2.52. The molecule has 0 spiro atoms. The Morgan fingerprint density at radius 1 is 1.19 bits per heavy atom. The Bertz CT molecular complexity index is 788. The van der Waals surface area contributed by atoms with Crippen LogP contribution in [0.15, 0.2) is 28.7 Å². The average molecular weight is 390 g/mol. The van der Waals surface area contributed by atoms with Gasteiger partial charge in [-0.3, -0.25) is 9.79 Å². The number of thiazole rings is 1. The summed E-state index contributed by atoms with van der Waals surface area (Å²) in [5.74, 6) is 1.52. The van der Waals surface area contributed by atoms with Gasteiger partial charge in [-0.1, -0.05) is 12.1 Å². The smallest absolute Gasteiger partial charge is 0.263 e. The third kappa shape index (κ3) is 6.25. The van der Waals surface area contributed by atoms with Crippen molar-refractivity contribution in [2.75, 3.05) is 33.8 Å². The van der Waals surface area contributed by atoms with Crippen LogP contribution in [0.25, 0.3) is 0 Å². The first-order valence-corrected chi connectivity index (χ1v) is 9.69. The first-order chi connectivity index (χ1) is 13.0. The van der Waals surface area contributed by atoms with Gasteiger partial charge in [-0.15, -0.1) is 11.3 Å². The molecule has 7 nitrogen and oxygen atoms in total. The van der Waals surface area contributed by atoms with Crippen LogP contribution in [0.1, 0.15) is 26.5 Å². The number of hydrogen-bond donors (Lipinski definition) is 3. The number of rotatable bonds is 8. The maximum absolute atomic E-state index is 12.0. The second-order valence-electron chi connectivity index (χ2n) is 6.00. The fourth-order valence-corrected chi connectivity index (χ4v) is 3.24. The zero-order chi connectivity index (χ0) is 19.6. The third-order valence-electron chi connectivity index (χ3n) is 4.06. The first kappa shape index (κ1) is 20.7. The minimum atomic E-state index is -0.0898. The molecule has 0 radical (unpaired) electrons. The topological polar surface area (TPSA) is 87.6 Å². The first-order valence-electron chi connectivity index (χ1n) is 8.81. The van der Waals surface area contributed by atoms with Gasteiger partial charge in [0, 0.05) is 26.7 Å². The lowest BCUT2D eigenvalue weighted by molar-refractivity contribution is 0.0957. The molecular weight excluding hydrogens is 362 g/mol. The lowest BCUT2D eigenvalue weighted by Gasteiger charge is -2.13. The van der Waals surface area contributed by atoms with Crippen molar-refractivity contribution in [2.45, 2.75) is 20.3 Å². The molecule has 0 aliphatic heterocycles. The van der Waals surface area contributed by atoms with E-state index >= 15 is 0 Å². The van der Waals surface area contributed by atoms with E-state index in [-0.39, 0.29) is 5.91 Å². The van der Waals surface area contributed by atoms with E-state index in [4.69, 9.17) is 4.74 Å². The van der Waals surface area contributed by atoms with Gasteiger partial charge in [0.1, 0.15) is 10.6 Å². The number of aliphatic imine (C=N–C) groups is 1. The van der Waals surface area contributed by atoms with Crippen LogP contribution < -0.4 is 20.7 Å². The van der Waals surface area contributed by atoms with Crippen molar-refractivity contribution in [1.29, 1.82) is 0 Å². The molecule has 0 saturated carbocycles. The van der Waals surface area contributed by atoms with Crippen LogP contribution in [0.5, 0.6) is 5.75 Å². The number of nitrogens with one attached hydrogen (secondary N) is 3. The summed E-state index contributed by atoms with van der Waals surface area (Å²) in [7, 11) is 3.41. The number of hydrogen-bond acceptors (Lipinski definition) is 5. The predicted octanol–water partition coefficient (Wildman–Crippen LogP) is 1.91. The zero-order valence-electron chi connectivity index (χ0n) is 16.3. The summed E-state index contributed by atoms with van der Waals surface area (Å²) in [5, 5.41) is 9.34. The number of nitrogens with zero attached hydrogens (tertiary/aromatic N) is 2. The zero-order valence-corrected chi connectivity index (χ0v) is 17.1. The highest BCUT2D eigenvalue weighted by Gasteiger charge is 2.10. The highest BCUT2D eigenvalue weighted by molar-refractivity contribution is 7.11. The van der Waals surface area contributed by atoms with Crippen LogP contribution in [0, 0.1) is 13.8 Å². The summed E-state index contributed by atoms with van der Waals surface area (Å²) in [6.07, 6.45) is 0.860. The second-order valence-corrected chi connectivity index (χ2v) is 6.86. The summed E-state index contributed by atoms with van der Waals surface area (Å²) >= 11 is 1.35. The predicted molar refractivity (Wildman–Crippen MR) is 110 cm³/mol. The van der Waals surface area contributed by atoms with Gasteiger partial charge in [-0.2, -0.15) is 0 Å². The summed E-state index contributed by atoms with van der Waals surface area (Å²) in [6.45, 7) is 5.70. The van der Waals surface area contributed by atoms with Gasteiger partial charge < -0.3 is 20.7 Å². The van der Waals surface area contributed by atoms with Crippen LogP contribution in [-0.2, 0) is 6.42 Å². The lowest BCUT2D eigenvalue weighted by atomic mass is 10.1. The Hall–Kier alpha value is -2.61. The Kier molecular flexibility index (Phi) is 8.06. The number of carbonyl (C=O) groups is 1. The van der Waals surface area contributed by atoms with E-state index in [0.717, 1.165) is 30.0 Å². The van der Waals surface area contributed by atoms with E-state index in [1.54, 1.807) is 19.7 Å². The largest absolute Gasteiger partial charge is 0.496 e. The van der Waals surface area contributed by atoms with Crippen molar-refractivity contribution >= 4 is 23.2 Å². The van der Waals surface area contributed by atoms with Crippen molar-refractivity contribution in [3.05, 3.63) is 45.4 Å². The number of methoxy groups -OCH3 is 1. The normalized spacial score (nSPS) is 11.2. The number of aromatic nitrogens is 1. The molecule has 8 heteroatoms. The molecule has 0 aliphatic rings. The molecule has 1 aromatic carbocycles. The van der Waals surface area contributed by atoms with Crippen LogP contribution in [0.3, 0.4) is 0 Å². The Balaban J connectivity index is 1.68. The van der Waals surface area contributed by atoms with Gasteiger partial charge in [-0.05, 0) is 37.5 Å². The van der Waals surface area contributed by atoms with E-state index in [1.807, 2.05) is 13.8 Å². The Morgan fingerprint density at radius 2 is 1.93 bits per heavy atom. The average Bonchev–Trinajstić information content (AvgIpc) is 3.10. The molecule has 0 fully saturated rings. The van der Waals surface area contributed by atoms with E-state index in [9.17, 15) is 4.79 Å². The van der Waals surface area contributed by atoms with Crippen LogP contribution in [0.2, 0.25) is 0 Å². The van der Waals surface area contributed by atoms with Crippen LogP contribution in [0.4, 0.5) is 0 Å². The van der Waals surface area contributed by atoms with E-state index in [0.29, 0.717) is 23.9 Å². The van der Waals surface area contributed by atoms with Crippen molar-refractivity contribution in [1.82, 2.24) is 20.9 Å². The Labute approximate surface area is 164 Å². The molecule has 146 valence electrons. The highest BCUT2D eigenvalue weighted by Crippen LogP contribution is 2.19. The summed E-state index contributed by atoms with van der Waals surface area (Å²) in [4.78, 5) is 21.0. The standard InChI is InChI=1S/C19H27N5O2S/c1-13-5-6-15(11-16(13)26-4)7-8-22-19(20-3)23-10-9-21-18(25)17-14(2)24-12-27-17/h5-6,11-12H,7-10H2,1-4H3,(H,21,25)(H2,20,22,23). The van der Waals surface area contributed by atoms with Gasteiger partial charge in [0.05, 0.1) is 18.3 Å². The number of aryl methyl sites for hydroxylation is 2. The van der Waals surface area contributed by atoms with E-state index < -0.39 is 0 Å².